The summed E-state index contributed by atoms with van der Waals surface area (Å²) in [6.07, 6.45) is 10.3. The molecule has 1 aromatic carbocycles. The standard InChI is InChI=1S/C27H36ClFN4OS/c1-7-12-33-24(16(4)30)17(5)31-26(33)25(35-6)20-14-21(28)23(29)22(19(20)13-15(2)3)27(34)32-18-10-8-9-11-18/h7,12,14-15,18,25H,4,8-11,13,30H2,1-3,5-6H3,(H,32,34)/b12-7-. The smallest absolute Gasteiger partial charge is 0.254 e. The van der Waals surface area contributed by atoms with Crippen LogP contribution in [0.15, 0.2) is 18.7 Å². The van der Waals surface area contributed by atoms with Crippen LogP contribution < -0.4 is 11.1 Å². The summed E-state index contributed by atoms with van der Waals surface area (Å²) in [7, 11) is 0. The molecule has 0 spiro atoms. The molecular weight excluding hydrogens is 483 g/mol. The highest BCUT2D eigenvalue weighted by atomic mass is 35.5. The van der Waals surface area contributed by atoms with Gasteiger partial charge in [-0.1, -0.05) is 50.9 Å². The zero-order valence-corrected chi connectivity index (χ0v) is 22.8. The number of halogens is 2. The normalized spacial score (nSPS) is 15.3. The zero-order chi connectivity index (χ0) is 25.9. The maximum absolute atomic E-state index is 15.5. The summed E-state index contributed by atoms with van der Waals surface area (Å²) in [5.74, 6) is -0.126. The molecule has 1 atom stereocenters. The summed E-state index contributed by atoms with van der Waals surface area (Å²) < 4.78 is 17.4. The number of amides is 1. The van der Waals surface area contributed by atoms with E-state index in [1.54, 1.807) is 17.8 Å². The molecule has 1 saturated carbocycles. The molecular formula is C27H36ClFN4OS. The summed E-state index contributed by atoms with van der Waals surface area (Å²) in [4.78, 5) is 18.3. The van der Waals surface area contributed by atoms with Crippen molar-refractivity contribution in [1.82, 2.24) is 14.9 Å². The van der Waals surface area contributed by atoms with Crippen molar-refractivity contribution in [3.63, 3.8) is 0 Å². The number of carbonyl (C=O) groups excluding carboxylic acids is 1. The molecule has 0 saturated heterocycles. The van der Waals surface area contributed by atoms with Crippen LogP contribution in [-0.2, 0) is 6.42 Å². The fourth-order valence-corrected chi connectivity index (χ4v) is 5.97. The highest BCUT2D eigenvalue weighted by Crippen LogP contribution is 2.41. The van der Waals surface area contributed by atoms with E-state index in [1.807, 2.05) is 36.9 Å². The molecule has 5 nitrogen and oxygen atoms in total. The first kappa shape index (κ1) is 27.3. The topological polar surface area (TPSA) is 72.9 Å². The average molecular weight is 519 g/mol. The molecule has 35 heavy (non-hydrogen) atoms. The minimum atomic E-state index is -0.662. The fraction of sp³-hybridized carbons (Fsp3) is 0.481. The summed E-state index contributed by atoms with van der Waals surface area (Å²) in [5.41, 5.74) is 9.52. The van der Waals surface area contributed by atoms with Crippen LogP contribution in [0.2, 0.25) is 5.02 Å². The fourth-order valence-electron chi connectivity index (χ4n) is 4.92. The minimum Gasteiger partial charge on any atom is -0.397 e. The highest BCUT2D eigenvalue weighted by Gasteiger charge is 2.31. The van der Waals surface area contributed by atoms with Gasteiger partial charge in [-0.05, 0) is 62.5 Å². The number of aromatic nitrogens is 2. The van der Waals surface area contributed by atoms with Gasteiger partial charge in [-0.3, -0.25) is 4.79 Å². The Hall–Kier alpha value is -2.25. The lowest BCUT2D eigenvalue weighted by molar-refractivity contribution is 0.0932. The number of nitrogens with one attached hydrogen (secondary N) is 1. The summed E-state index contributed by atoms with van der Waals surface area (Å²) in [6, 6.07) is 1.73. The SMILES string of the molecule is C=C(N)c1c(C)nc(C(SC)c2cc(Cl)c(F)c(C(=O)NC3CCCC3)c2CC(C)C)n1/C=C\C. The van der Waals surface area contributed by atoms with Gasteiger partial charge in [0.1, 0.15) is 5.82 Å². The van der Waals surface area contributed by atoms with Gasteiger partial charge in [-0.15, -0.1) is 11.8 Å². The van der Waals surface area contributed by atoms with Crippen LogP contribution in [0.1, 0.15) is 90.4 Å². The lowest BCUT2D eigenvalue weighted by Crippen LogP contribution is -2.34. The Morgan fingerprint density at radius 1 is 1.43 bits per heavy atom. The van der Waals surface area contributed by atoms with Crippen molar-refractivity contribution in [2.24, 2.45) is 11.7 Å². The molecule has 0 bridgehead atoms. The second-order valence-corrected chi connectivity index (χ2v) is 10.9. The van der Waals surface area contributed by atoms with Crippen molar-refractivity contribution < 1.29 is 9.18 Å². The largest absolute Gasteiger partial charge is 0.397 e. The molecule has 190 valence electrons. The third kappa shape index (κ3) is 5.78. The number of hydrogen-bond acceptors (Lipinski definition) is 4. The molecule has 2 aromatic rings. The number of imidazole rings is 1. The van der Waals surface area contributed by atoms with E-state index in [2.05, 4.69) is 25.7 Å². The Labute approximate surface area is 217 Å². The van der Waals surface area contributed by atoms with Crippen molar-refractivity contribution in [3.05, 3.63) is 63.5 Å². The number of hydrogen-bond donors (Lipinski definition) is 2. The minimum absolute atomic E-state index is 0.0523. The number of carbonyl (C=O) groups is 1. The summed E-state index contributed by atoms with van der Waals surface area (Å²) >= 11 is 7.98. The number of benzene rings is 1. The van der Waals surface area contributed by atoms with Crippen LogP contribution in [0.3, 0.4) is 0 Å². The van der Waals surface area contributed by atoms with Gasteiger partial charge in [0.05, 0.1) is 32.9 Å². The molecule has 8 heteroatoms. The second kappa shape index (κ2) is 11.7. The van der Waals surface area contributed by atoms with Gasteiger partial charge in [0.25, 0.3) is 5.91 Å². The van der Waals surface area contributed by atoms with Gasteiger partial charge in [-0.25, -0.2) is 9.37 Å². The van der Waals surface area contributed by atoms with E-state index in [-0.39, 0.29) is 27.8 Å². The lowest BCUT2D eigenvalue weighted by Gasteiger charge is -2.24. The Morgan fingerprint density at radius 3 is 2.63 bits per heavy atom. The maximum atomic E-state index is 15.5. The predicted octanol–water partition coefficient (Wildman–Crippen LogP) is 6.73. The quantitative estimate of drug-likeness (QED) is 0.386. The van der Waals surface area contributed by atoms with Gasteiger partial charge < -0.3 is 15.6 Å². The number of allylic oxidation sites excluding steroid dienone is 1. The first-order chi connectivity index (χ1) is 16.6. The van der Waals surface area contributed by atoms with E-state index in [0.29, 0.717) is 17.7 Å². The Kier molecular flexibility index (Phi) is 9.11. The van der Waals surface area contributed by atoms with Crippen LogP contribution in [-0.4, -0.2) is 27.8 Å². The van der Waals surface area contributed by atoms with E-state index in [1.165, 1.54) is 0 Å². The van der Waals surface area contributed by atoms with Crippen molar-refractivity contribution in [2.45, 2.75) is 71.1 Å². The highest BCUT2D eigenvalue weighted by molar-refractivity contribution is 7.99. The third-order valence-corrected chi connectivity index (χ3v) is 7.57. The molecule has 0 aliphatic heterocycles. The predicted molar refractivity (Wildman–Crippen MR) is 146 cm³/mol. The van der Waals surface area contributed by atoms with Crippen LogP contribution in [0.5, 0.6) is 0 Å². The Balaban J connectivity index is 2.24. The number of rotatable bonds is 9. The molecule has 1 aromatic heterocycles. The van der Waals surface area contributed by atoms with Gasteiger partial charge in [0.15, 0.2) is 5.82 Å². The van der Waals surface area contributed by atoms with Gasteiger partial charge in [0, 0.05) is 12.2 Å². The molecule has 1 unspecified atom stereocenters. The number of aryl methyl sites for hydroxylation is 1. The number of thioether (sulfide) groups is 1. The second-order valence-electron chi connectivity index (χ2n) is 9.57. The van der Waals surface area contributed by atoms with Crippen LogP contribution in [0.4, 0.5) is 4.39 Å². The van der Waals surface area contributed by atoms with Gasteiger partial charge >= 0.3 is 0 Å². The Morgan fingerprint density at radius 2 is 2.09 bits per heavy atom. The molecule has 1 aliphatic carbocycles. The van der Waals surface area contributed by atoms with Crippen molar-refractivity contribution in [1.29, 1.82) is 0 Å². The molecule has 0 radical (unpaired) electrons. The number of nitrogens with two attached hydrogens (primary N) is 1. The van der Waals surface area contributed by atoms with Crippen LogP contribution in [0.25, 0.3) is 11.9 Å². The molecule has 1 amide bonds. The van der Waals surface area contributed by atoms with Crippen LogP contribution >= 0.6 is 23.4 Å². The third-order valence-electron chi connectivity index (χ3n) is 6.36. The monoisotopic (exact) mass is 518 g/mol. The first-order valence-electron chi connectivity index (χ1n) is 12.1. The van der Waals surface area contributed by atoms with E-state index >= 15 is 4.39 Å². The summed E-state index contributed by atoms with van der Waals surface area (Å²) in [6.45, 7) is 11.8. The maximum Gasteiger partial charge on any atom is 0.254 e. The van der Waals surface area contributed by atoms with Crippen molar-refractivity contribution in [2.75, 3.05) is 6.26 Å². The van der Waals surface area contributed by atoms with Gasteiger partial charge in [-0.2, -0.15) is 0 Å². The molecule has 1 heterocycles. The molecule has 3 rings (SSSR count). The van der Waals surface area contributed by atoms with E-state index in [0.717, 1.165) is 48.5 Å². The molecule has 3 N–H and O–H groups in total. The van der Waals surface area contributed by atoms with Gasteiger partial charge in [0.2, 0.25) is 0 Å². The van der Waals surface area contributed by atoms with Crippen molar-refractivity contribution >= 4 is 41.2 Å². The summed E-state index contributed by atoms with van der Waals surface area (Å²) in [5, 5.41) is 2.69. The van der Waals surface area contributed by atoms with E-state index < -0.39 is 11.7 Å². The van der Waals surface area contributed by atoms with E-state index in [9.17, 15) is 4.79 Å². The molecule has 1 fully saturated rings. The zero-order valence-electron chi connectivity index (χ0n) is 21.3. The van der Waals surface area contributed by atoms with E-state index in [4.69, 9.17) is 22.3 Å². The van der Waals surface area contributed by atoms with Crippen molar-refractivity contribution in [3.8, 4) is 0 Å². The Bertz CT molecular complexity index is 1130. The number of nitrogens with zero attached hydrogens (tertiary/aromatic N) is 2. The first-order valence-corrected chi connectivity index (χ1v) is 13.8. The average Bonchev–Trinajstić information content (AvgIpc) is 3.39. The lowest BCUT2D eigenvalue weighted by atomic mass is 9.90. The molecule has 1 aliphatic rings. The van der Waals surface area contributed by atoms with Crippen LogP contribution in [0, 0.1) is 18.7 Å².